The molecule has 224 valence electrons. The lowest BCUT2D eigenvalue weighted by molar-refractivity contribution is 0.120. The van der Waals surface area contributed by atoms with Gasteiger partial charge >= 0.3 is 6.09 Å². The Balaban J connectivity index is 1.35. The zero-order chi connectivity index (χ0) is 28.6. The second-order valence-corrected chi connectivity index (χ2v) is 13.4. The molecule has 0 bridgehead atoms. The van der Waals surface area contributed by atoms with Crippen LogP contribution in [0.4, 0.5) is 10.6 Å². The van der Waals surface area contributed by atoms with Crippen molar-refractivity contribution in [3.63, 3.8) is 0 Å². The van der Waals surface area contributed by atoms with E-state index in [1.54, 1.807) is 0 Å². The lowest BCUT2D eigenvalue weighted by atomic mass is 9.75. The fourth-order valence-electron chi connectivity index (χ4n) is 7.76. The number of carbonyl (C=O) groups excluding carboxylic acids is 1. The summed E-state index contributed by atoms with van der Waals surface area (Å²) in [5.41, 5.74) is 5.88. The lowest BCUT2D eigenvalue weighted by Crippen LogP contribution is -2.32. The van der Waals surface area contributed by atoms with Gasteiger partial charge in [0.2, 0.25) is 0 Å². The Labute approximate surface area is 248 Å². The molecule has 1 amide bonds. The SMILES string of the molecule is CC1CCC(Cn2c(C3CCCCC3c3ccccc3)nc3nc(C4NOC(=O)N4)nc(N[C@H](C)C4CCC4)c32)CC1. The van der Waals surface area contributed by atoms with Gasteiger partial charge in [-0.15, -0.1) is 5.48 Å². The molecule has 3 unspecified atom stereocenters. The average Bonchev–Trinajstić information content (AvgIpc) is 3.57. The third-order valence-electron chi connectivity index (χ3n) is 10.6. The fourth-order valence-corrected chi connectivity index (χ4v) is 7.76. The Morgan fingerprint density at radius 1 is 0.952 bits per heavy atom. The molecule has 7 rings (SSSR count). The highest BCUT2D eigenvalue weighted by Crippen LogP contribution is 2.45. The predicted molar refractivity (Wildman–Crippen MR) is 163 cm³/mol. The van der Waals surface area contributed by atoms with Crippen molar-refractivity contribution in [3.8, 4) is 0 Å². The summed E-state index contributed by atoms with van der Waals surface area (Å²) in [5.74, 6) is 5.29. The van der Waals surface area contributed by atoms with Crippen molar-refractivity contribution >= 4 is 23.1 Å². The smallest absolute Gasteiger partial charge is 0.365 e. The Bertz CT molecular complexity index is 1400. The van der Waals surface area contributed by atoms with Crippen LogP contribution in [0.3, 0.4) is 0 Å². The quantitative estimate of drug-likeness (QED) is 0.269. The van der Waals surface area contributed by atoms with E-state index in [4.69, 9.17) is 19.8 Å². The molecular weight excluding hydrogens is 526 g/mol. The van der Waals surface area contributed by atoms with E-state index >= 15 is 0 Å². The summed E-state index contributed by atoms with van der Waals surface area (Å²) in [7, 11) is 0. The molecule has 4 atom stereocenters. The lowest BCUT2D eigenvalue weighted by Gasteiger charge is -2.34. The van der Waals surface area contributed by atoms with Crippen LogP contribution in [0.1, 0.15) is 120 Å². The van der Waals surface area contributed by atoms with Gasteiger partial charge in [-0.25, -0.2) is 19.7 Å². The first kappa shape index (κ1) is 27.6. The van der Waals surface area contributed by atoms with E-state index in [0.717, 1.165) is 36.0 Å². The summed E-state index contributed by atoms with van der Waals surface area (Å²) in [6.07, 6.45) is 12.5. The summed E-state index contributed by atoms with van der Waals surface area (Å²) in [5, 5.41) is 6.60. The molecule has 0 radical (unpaired) electrons. The first-order valence-electron chi connectivity index (χ1n) is 16.4. The van der Waals surface area contributed by atoms with Gasteiger partial charge in [0, 0.05) is 18.5 Å². The monoisotopic (exact) mass is 571 g/mol. The van der Waals surface area contributed by atoms with Crippen LogP contribution in [0.25, 0.3) is 11.2 Å². The van der Waals surface area contributed by atoms with E-state index in [1.807, 2.05) is 0 Å². The van der Waals surface area contributed by atoms with Crippen LogP contribution >= 0.6 is 0 Å². The molecule has 3 aromatic rings. The van der Waals surface area contributed by atoms with Gasteiger partial charge in [0.05, 0.1) is 0 Å². The molecule has 1 saturated heterocycles. The molecule has 2 aromatic heterocycles. The molecule has 1 aromatic carbocycles. The molecule has 3 heterocycles. The molecule has 9 heteroatoms. The number of hydrogen-bond donors (Lipinski definition) is 3. The second-order valence-electron chi connectivity index (χ2n) is 13.4. The highest BCUT2D eigenvalue weighted by Gasteiger charge is 2.36. The Kier molecular flexibility index (Phi) is 7.78. The fraction of sp³-hybridized carbons (Fsp3) is 0.636. The number of rotatable bonds is 8. The number of aromatic nitrogens is 4. The highest BCUT2D eigenvalue weighted by molar-refractivity contribution is 5.84. The van der Waals surface area contributed by atoms with Gasteiger partial charge in [0.25, 0.3) is 0 Å². The minimum Gasteiger partial charge on any atom is -0.365 e. The maximum absolute atomic E-state index is 11.9. The molecular formula is C33H45N7O2. The van der Waals surface area contributed by atoms with Crippen molar-refractivity contribution in [3.05, 3.63) is 47.5 Å². The Morgan fingerprint density at radius 3 is 2.40 bits per heavy atom. The largest absolute Gasteiger partial charge is 0.427 e. The van der Waals surface area contributed by atoms with Crippen molar-refractivity contribution in [1.82, 2.24) is 30.3 Å². The topological polar surface area (TPSA) is 106 Å². The zero-order valence-electron chi connectivity index (χ0n) is 25.0. The van der Waals surface area contributed by atoms with Gasteiger partial charge in [-0.3, -0.25) is 5.32 Å². The van der Waals surface area contributed by atoms with Gasteiger partial charge in [-0.2, -0.15) is 0 Å². The first-order valence-corrected chi connectivity index (χ1v) is 16.4. The number of hydrogen-bond acceptors (Lipinski definition) is 7. The molecule has 4 fully saturated rings. The number of fused-ring (bicyclic) bond motifs is 1. The number of hydroxylamine groups is 1. The molecule has 42 heavy (non-hydrogen) atoms. The molecule has 1 aliphatic heterocycles. The Hall–Kier alpha value is -3.20. The summed E-state index contributed by atoms with van der Waals surface area (Å²) >= 11 is 0. The third-order valence-corrected chi connectivity index (χ3v) is 10.6. The molecule has 9 nitrogen and oxygen atoms in total. The zero-order valence-corrected chi connectivity index (χ0v) is 25.0. The molecule has 0 spiro atoms. The van der Waals surface area contributed by atoms with Crippen molar-refractivity contribution in [2.24, 2.45) is 17.8 Å². The predicted octanol–water partition coefficient (Wildman–Crippen LogP) is 6.94. The minimum absolute atomic E-state index is 0.293. The van der Waals surface area contributed by atoms with Gasteiger partial charge in [0.1, 0.15) is 11.3 Å². The second kappa shape index (κ2) is 11.8. The summed E-state index contributed by atoms with van der Waals surface area (Å²) in [6.45, 7) is 5.61. The number of benzene rings is 1. The van der Waals surface area contributed by atoms with Crippen molar-refractivity contribution in [2.75, 3.05) is 5.32 Å². The average molecular weight is 572 g/mol. The number of nitrogens with one attached hydrogen (secondary N) is 3. The minimum atomic E-state index is -0.610. The third kappa shape index (κ3) is 5.48. The summed E-state index contributed by atoms with van der Waals surface area (Å²) in [6, 6.07) is 11.3. The maximum Gasteiger partial charge on any atom is 0.427 e. The van der Waals surface area contributed by atoms with Crippen LogP contribution < -0.4 is 16.1 Å². The van der Waals surface area contributed by atoms with E-state index in [2.05, 4.69) is 64.9 Å². The number of anilines is 1. The number of nitrogens with zero attached hydrogens (tertiary/aromatic N) is 4. The van der Waals surface area contributed by atoms with Crippen LogP contribution in [-0.2, 0) is 11.4 Å². The highest BCUT2D eigenvalue weighted by atomic mass is 16.7. The molecule has 4 aliphatic rings. The Morgan fingerprint density at radius 2 is 1.71 bits per heavy atom. The van der Waals surface area contributed by atoms with E-state index in [1.165, 1.54) is 69.8 Å². The van der Waals surface area contributed by atoms with Crippen LogP contribution in [0.2, 0.25) is 0 Å². The molecule has 3 aliphatic carbocycles. The van der Waals surface area contributed by atoms with Crippen molar-refractivity contribution in [2.45, 2.75) is 115 Å². The van der Waals surface area contributed by atoms with Crippen LogP contribution in [0.15, 0.2) is 30.3 Å². The number of amides is 1. The van der Waals surface area contributed by atoms with Gasteiger partial charge in [-0.1, -0.05) is 69.4 Å². The first-order chi connectivity index (χ1) is 20.5. The van der Waals surface area contributed by atoms with E-state index in [9.17, 15) is 4.79 Å². The normalized spacial score (nSPS) is 29.1. The standard InChI is InChI=1S/C33H45N7O2/c1-20-15-17-22(18-16-20)19-40-27-28(34-21(2)23-11-8-12-23)35-30(31-38-33(41)42-39-31)36-29(27)37-32(40)26-14-7-6-13-25(26)24-9-4-3-5-10-24/h3-5,9-10,20-23,25-26,31,39H,6-8,11-19H2,1-2H3,(H,38,41)(H,34,35,36)/t20?,21-,22?,25?,26?,31?/m1/s1. The summed E-state index contributed by atoms with van der Waals surface area (Å²) < 4.78 is 2.51. The van der Waals surface area contributed by atoms with E-state index in [-0.39, 0.29) is 0 Å². The van der Waals surface area contributed by atoms with Gasteiger partial charge in [0.15, 0.2) is 23.5 Å². The number of carbonyl (C=O) groups is 1. The van der Waals surface area contributed by atoms with E-state index < -0.39 is 12.3 Å². The van der Waals surface area contributed by atoms with Gasteiger partial charge in [-0.05, 0) is 74.7 Å². The molecule has 3 saturated carbocycles. The van der Waals surface area contributed by atoms with Crippen LogP contribution in [0, 0.1) is 17.8 Å². The van der Waals surface area contributed by atoms with Gasteiger partial charge < -0.3 is 14.7 Å². The van der Waals surface area contributed by atoms with E-state index in [0.29, 0.717) is 41.2 Å². The van der Waals surface area contributed by atoms with Crippen LogP contribution in [-0.4, -0.2) is 31.7 Å². The van der Waals surface area contributed by atoms with Crippen LogP contribution in [0.5, 0.6) is 0 Å². The number of imidazole rings is 1. The van der Waals surface area contributed by atoms with Crippen molar-refractivity contribution in [1.29, 1.82) is 0 Å². The summed E-state index contributed by atoms with van der Waals surface area (Å²) in [4.78, 5) is 32.3. The molecule has 3 N–H and O–H groups in total. The van der Waals surface area contributed by atoms with Crippen molar-refractivity contribution < 1.29 is 9.63 Å². The maximum atomic E-state index is 11.9.